The van der Waals surface area contributed by atoms with Gasteiger partial charge in [0.15, 0.2) is 12.2 Å². The van der Waals surface area contributed by atoms with E-state index in [1.807, 2.05) is 43.9 Å². The Labute approximate surface area is 228 Å². The second-order valence-corrected chi connectivity index (χ2v) is 12.6. The fraction of sp³-hybridized carbons (Fsp3) is 0.407. The number of thiophene rings is 1. The standard InChI is InChI=1S/C27H28ClN5O4S/c1-26(2,3)37-25(35)32-10-9-27(14-32)11-16(12-27)33-18-6-4-5-17(28)22(18)30-24(33)31-23(34)21-8-7-20(38-21)19-13-29-15-36-19/h4-8,13,15-16H,9-12,14H2,1-3H3,(H,30,31,34)/t16-,27-. The molecule has 1 saturated carbocycles. The topological polar surface area (TPSA) is 102 Å². The quantitative estimate of drug-likeness (QED) is 0.304. The Kier molecular flexibility index (Phi) is 5.99. The summed E-state index contributed by atoms with van der Waals surface area (Å²) in [7, 11) is 0. The van der Waals surface area contributed by atoms with Crippen molar-refractivity contribution in [1.82, 2.24) is 19.4 Å². The van der Waals surface area contributed by atoms with Crippen LogP contribution >= 0.6 is 22.9 Å². The Morgan fingerprint density at radius 3 is 2.79 bits per heavy atom. The van der Waals surface area contributed by atoms with E-state index in [-0.39, 0.29) is 23.5 Å². The smallest absolute Gasteiger partial charge is 0.410 e. The van der Waals surface area contributed by atoms with Crippen molar-refractivity contribution < 1.29 is 18.7 Å². The highest BCUT2D eigenvalue weighted by Gasteiger charge is 2.51. The van der Waals surface area contributed by atoms with Crippen LogP contribution in [0.4, 0.5) is 10.7 Å². The number of nitrogens with zero attached hydrogens (tertiary/aromatic N) is 4. The van der Waals surface area contributed by atoms with Gasteiger partial charge in [-0.05, 0) is 69.7 Å². The van der Waals surface area contributed by atoms with E-state index in [1.165, 1.54) is 17.7 Å². The third kappa shape index (κ3) is 4.56. The van der Waals surface area contributed by atoms with E-state index >= 15 is 0 Å². The summed E-state index contributed by atoms with van der Waals surface area (Å²) in [6.45, 7) is 7.01. The zero-order valence-corrected chi connectivity index (χ0v) is 22.9. The van der Waals surface area contributed by atoms with Gasteiger partial charge in [0.1, 0.15) is 11.1 Å². The highest BCUT2D eigenvalue weighted by atomic mass is 35.5. The molecule has 9 nitrogen and oxygen atoms in total. The maximum Gasteiger partial charge on any atom is 0.410 e. The average Bonchev–Trinajstić information content (AvgIpc) is 3.62. The molecular weight excluding hydrogens is 526 g/mol. The third-order valence-corrected chi connectivity index (χ3v) is 8.60. The first kappa shape index (κ1) is 24.9. The zero-order chi connectivity index (χ0) is 26.7. The molecule has 2 fully saturated rings. The molecular formula is C27H28ClN5O4S. The van der Waals surface area contributed by atoms with Gasteiger partial charge in [-0.25, -0.2) is 14.8 Å². The number of likely N-dealkylation sites (tertiary alicyclic amines) is 1. The Bertz CT molecular complexity index is 1510. The summed E-state index contributed by atoms with van der Waals surface area (Å²) in [5, 5.41) is 3.55. The van der Waals surface area contributed by atoms with E-state index in [2.05, 4.69) is 14.9 Å². The van der Waals surface area contributed by atoms with Gasteiger partial charge in [-0.15, -0.1) is 11.3 Å². The summed E-state index contributed by atoms with van der Waals surface area (Å²) >= 11 is 7.81. The Morgan fingerprint density at radius 2 is 2.05 bits per heavy atom. The van der Waals surface area contributed by atoms with Crippen LogP contribution in [-0.2, 0) is 4.74 Å². The predicted octanol–water partition coefficient (Wildman–Crippen LogP) is 6.62. The summed E-state index contributed by atoms with van der Waals surface area (Å²) in [4.78, 5) is 37.7. The number of rotatable bonds is 4. The van der Waals surface area contributed by atoms with Crippen molar-refractivity contribution in [2.24, 2.45) is 5.41 Å². The van der Waals surface area contributed by atoms with Gasteiger partial charge in [0.25, 0.3) is 5.91 Å². The van der Waals surface area contributed by atoms with Crippen LogP contribution in [-0.4, -0.2) is 50.1 Å². The molecule has 1 spiro atoms. The molecule has 2 amide bonds. The highest BCUT2D eigenvalue weighted by Crippen LogP contribution is 2.55. The number of nitrogens with one attached hydrogen (secondary N) is 1. The molecule has 4 aromatic rings. The van der Waals surface area contributed by atoms with Gasteiger partial charge in [0, 0.05) is 19.1 Å². The molecule has 11 heteroatoms. The number of hydrogen-bond donors (Lipinski definition) is 1. The van der Waals surface area contributed by atoms with Gasteiger partial charge in [-0.2, -0.15) is 0 Å². The second kappa shape index (κ2) is 9.13. The fourth-order valence-electron chi connectivity index (χ4n) is 5.51. The van der Waals surface area contributed by atoms with Crippen LogP contribution in [0.3, 0.4) is 0 Å². The van der Waals surface area contributed by atoms with E-state index in [0.29, 0.717) is 40.2 Å². The lowest BCUT2D eigenvalue weighted by Gasteiger charge is -2.46. The summed E-state index contributed by atoms with van der Waals surface area (Å²) < 4.78 is 13.0. The number of carbonyl (C=O) groups excluding carboxylic acids is 2. The summed E-state index contributed by atoms with van der Waals surface area (Å²) in [5.41, 5.74) is 1.05. The lowest BCUT2D eigenvalue weighted by Crippen LogP contribution is -2.43. The monoisotopic (exact) mass is 553 g/mol. The summed E-state index contributed by atoms with van der Waals surface area (Å²) in [6, 6.07) is 9.40. The SMILES string of the molecule is CC(C)(C)OC(=O)N1CC[C@]2(C1)C[C@H](n1c(NC(=O)c3ccc(-c4cnco4)s3)nc3c(Cl)cccc31)C2. The number of imidazole rings is 1. The molecule has 1 aromatic carbocycles. The molecule has 6 rings (SSSR count). The van der Waals surface area contributed by atoms with Crippen LogP contribution in [0.1, 0.15) is 55.7 Å². The van der Waals surface area contributed by atoms with Crippen molar-refractivity contribution in [3.8, 4) is 10.6 Å². The van der Waals surface area contributed by atoms with Gasteiger partial charge < -0.3 is 18.6 Å². The number of anilines is 1. The summed E-state index contributed by atoms with van der Waals surface area (Å²) in [6.07, 6.45) is 5.41. The van der Waals surface area contributed by atoms with Crippen LogP contribution in [0.15, 0.2) is 47.3 Å². The van der Waals surface area contributed by atoms with E-state index in [1.54, 1.807) is 18.3 Å². The summed E-state index contributed by atoms with van der Waals surface area (Å²) in [5.74, 6) is 0.832. The number of halogens is 1. The molecule has 3 aromatic heterocycles. The number of oxazole rings is 1. The van der Waals surface area contributed by atoms with Gasteiger partial charge in [-0.1, -0.05) is 17.7 Å². The van der Waals surface area contributed by atoms with Crippen molar-refractivity contribution in [3.63, 3.8) is 0 Å². The Balaban J connectivity index is 1.22. The number of para-hydroxylation sites is 1. The molecule has 1 N–H and O–H groups in total. The molecule has 0 atom stereocenters. The Hall–Kier alpha value is -3.37. The van der Waals surface area contributed by atoms with Gasteiger partial charge in [-0.3, -0.25) is 10.1 Å². The average molecular weight is 554 g/mol. The predicted molar refractivity (Wildman–Crippen MR) is 146 cm³/mol. The fourth-order valence-corrected chi connectivity index (χ4v) is 6.57. The van der Waals surface area contributed by atoms with Crippen LogP contribution < -0.4 is 5.32 Å². The van der Waals surface area contributed by atoms with E-state index in [0.717, 1.165) is 29.7 Å². The third-order valence-electron chi connectivity index (χ3n) is 7.19. The van der Waals surface area contributed by atoms with Crippen molar-refractivity contribution in [1.29, 1.82) is 0 Å². The number of aromatic nitrogens is 3. The lowest BCUT2D eigenvalue weighted by molar-refractivity contribution is 0.0199. The number of hydrogen-bond acceptors (Lipinski definition) is 7. The number of carbonyl (C=O) groups is 2. The number of fused-ring (bicyclic) bond motifs is 1. The van der Waals surface area contributed by atoms with Crippen LogP contribution in [0.25, 0.3) is 21.7 Å². The molecule has 1 aliphatic carbocycles. The largest absolute Gasteiger partial charge is 0.444 e. The van der Waals surface area contributed by atoms with Gasteiger partial charge in [0.2, 0.25) is 5.95 Å². The number of benzene rings is 1. The molecule has 0 bridgehead atoms. The van der Waals surface area contributed by atoms with Crippen LogP contribution in [0.2, 0.25) is 5.02 Å². The molecule has 38 heavy (non-hydrogen) atoms. The minimum absolute atomic E-state index is 0.0394. The number of amides is 2. The van der Waals surface area contributed by atoms with Crippen LogP contribution in [0, 0.1) is 5.41 Å². The molecule has 1 aliphatic heterocycles. The minimum atomic E-state index is -0.519. The molecule has 0 unspecified atom stereocenters. The van der Waals surface area contributed by atoms with Crippen molar-refractivity contribution in [2.75, 3.05) is 18.4 Å². The zero-order valence-electron chi connectivity index (χ0n) is 21.4. The first-order valence-corrected chi connectivity index (χ1v) is 13.7. The van der Waals surface area contributed by atoms with E-state index < -0.39 is 5.60 Å². The molecule has 0 radical (unpaired) electrons. The molecule has 1 saturated heterocycles. The minimum Gasteiger partial charge on any atom is -0.444 e. The molecule has 4 heterocycles. The normalized spacial score (nSPS) is 21.2. The number of ether oxygens (including phenoxy) is 1. The van der Waals surface area contributed by atoms with Gasteiger partial charge >= 0.3 is 6.09 Å². The van der Waals surface area contributed by atoms with Crippen molar-refractivity contribution >= 4 is 51.9 Å². The molecule has 198 valence electrons. The van der Waals surface area contributed by atoms with E-state index in [4.69, 9.17) is 25.7 Å². The maximum atomic E-state index is 13.2. The first-order chi connectivity index (χ1) is 18.1. The molecule has 2 aliphatic rings. The lowest BCUT2D eigenvalue weighted by atomic mass is 9.65. The van der Waals surface area contributed by atoms with Crippen molar-refractivity contribution in [2.45, 2.75) is 51.7 Å². The first-order valence-electron chi connectivity index (χ1n) is 12.6. The van der Waals surface area contributed by atoms with E-state index in [9.17, 15) is 9.59 Å². The maximum absolute atomic E-state index is 13.2. The second-order valence-electron chi connectivity index (χ2n) is 11.1. The van der Waals surface area contributed by atoms with Crippen molar-refractivity contribution in [3.05, 3.63) is 52.8 Å². The van der Waals surface area contributed by atoms with Gasteiger partial charge in [0.05, 0.1) is 26.5 Å². The Morgan fingerprint density at radius 1 is 1.24 bits per heavy atom. The highest BCUT2D eigenvalue weighted by molar-refractivity contribution is 7.17. The van der Waals surface area contributed by atoms with Crippen LogP contribution in [0.5, 0.6) is 0 Å².